The Morgan fingerprint density at radius 2 is 2.00 bits per heavy atom. The molecule has 0 radical (unpaired) electrons. The molecule has 20 heavy (non-hydrogen) atoms. The summed E-state index contributed by atoms with van der Waals surface area (Å²) in [5.74, 6) is 1.13. The number of nitrogens with one attached hydrogen (secondary N) is 1. The van der Waals surface area contributed by atoms with Gasteiger partial charge in [0.05, 0.1) is 18.2 Å². The number of nitrogens with zero attached hydrogens (tertiary/aromatic N) is 2. The Labute approximate surface area is 120 Å². The number of hydrogen-bond donors (Lipinski definition) is 2. The molecule has 5 nitrogen and oxygen atoms in total. The van der Waals surface area contributed by atoms with Gasteiger partial charge >= 0.3 is 0 Å². The fourth-order valence-corrected chi connectivity index (χ4v) is 2.53. The number of aliphatic hydroxyl groups excluding tert-OH is 1. The maximum absolute atomic E-state index is 10.1. The van der Waals surface area contributed by atoms with Crippen molar-refractivity contribution in [1.29, 1.82) is 0 Å². The SMILES string of the molecule is Cc1cc(OC(C)C)nc(NC2CCCCCC2O)n1. The minimum atomic E-state index is -0.323. The van der Waals surface area contributed by atoms with E-state index >= 15 is 0 Å². The Kier molecular flexibility index (Phi) is 5.17. The van der Waals surface area contributed by atoms with E-state index < -0.39 is 0 Å². The van der Waals surface area contributed by atoms with Crippen molar-refractivity contribution >= 4 is 5.95 Å². The zero-order valence-corrected chi connectivity index (χ0v) is 12.6. The van der Waals surface area contributed by atoms with Gasteiger partial charge in [0.1, 0.15) is 0 Å². The molecule has 1 aromatic rings. The van der Waals surface area contributed by atoms with Gasteiger partial charge in [-0.05, 0) is 33.6 Å². The van der Waals surface area contributed by atoms with Crippen LogP contribution in [0.4, 0.5) is 5.95 Å². The minimum absolute atomic E-state index is 0.0335. The molecule has 2 rings (SSSR count). The molecule has 1 aliphatic carbocycles. The lowest BCUT2D eigenvalue weighted by molar-refractivity contribution is 0.144. The predicted octanol–water partition coefficient (Wildman–Crippen LogP) is 2.68. The lowest BCUT2D eigenvalue weighted by atomic mass is 10.1. The van der Waals surface area contributed by atoms with Crippen LogP contribution in [0.25, 0.3) is 0 Å². The number of aliphatic hydroxyl groups is 1. The van der Waals surface area contributed by atoms with Crippen molar-refractivity contribution in [3.05, 3.63) is 11.8 Å². The number of hydrogen-bond acceptors (Lipinski definition) is 5. The van der Waals surface area contributed by atoms with Gasteiger partial charge in [0.2, 0.25) is 11.8 Å². The zero-order valence-electron chi connectivity index (χ0n) is 12.6. The van der Waals surface area contributed by atoms with Crippen molar-refractivity contribution in [2.75, 3.05) is 5.32 Å². The fourth-order valence-electron chi connectivity index (χ4n) is 2.53. The third-order valence-corrected chi connectivity index (χ3v) is 3.48. The van der Waals surface area contributed by atoms with Gasteiger partial charge in [-0.2, -0.15) is 4.98 Å². The minimum Gasteiger partial charge on any atom is -0.475 e. The van der Waals surface area contributed by atoms with Gasteiger partial charge in [-0.3, -0.25) is 0 Å². The average molecular weight is 279 g/mol. The highest BCUT2D eigenvalue weighted by molar-refractivity contribution is 5.32. The van der Waals surface area contributed by atoms with Crippen molar-refractivity contribution in [2.45, 2.75) is 71.1 Å². The monoisotopic (exact) mass is 279 g/mol. The Morgan fingerprint density at radius 3 is 2.75 bits per heavy atom. The molecule has 1 heterocycles. The van der Waals surface area contributed by atoms with E-state index in [2.05, 4.69) is 15.3 Å². The summed E-state index contributed by atoms with van der Waals surface area (Å²) in [7, 11) is 0. The summed E-state index contributed by atoms with van der Waals surface area (Å²) in [6.45, 7) is 5.86. The van der Waals surface area contributed by atoms with Crippen LogP contribution in [0.3, 0.4) is 0 Å². The molecular weight excluding hydrogens is 254 g/mol. The van der Waals surface area contributed by atoms with Gasteiger partial charge < -0.3 is 15.2 Å². The smallest absolute Gasteiger partial charge is 0.226 e. The highest BCUT2D eigenvalue weighted by atomic mass is 16.5. The molecule has 0 bridgehead atoms. The normalized spacial score (nSPS) is 23.4. The number of anilines is 1. The predicted molar refractivity (Wildman–Crippen MR) is 79.0 cm³/mol. The van der Waals surface area contributed by atoms with Crippen molar-refractivity contribution in [3.8, 4) is 5.88 Å². The van der Waals surface area contributed by atoms with E-state index in [1.54, 1.807) is 0 Å². The third kappa shape index (κ3) is 4.34. The Balaban J connectivity index is 2.09. The number of aryl methyl sites for hydroxylation is 1. The molecule has 2 atom stereocenters. The van der Waals surface area contributed by atoms with Crippen molar-refractivity contribution < 1.29 is 9.84 Å². The van der Waals surface area contributed by atoms with Gasteiger partial charge in [0, 0.05) is 11.8 Å². The molecule has 1 aliphatic rings. The lowest BCUT2D eigenvalue weighted by Crippen LogP contribution is -2.33. The molecule has 1 aromatic heterocycles. The standard InChI is InChI=1S/C15H25N3O2/c1-10(2)20-14-9-11(3)16-15(18-14)17-12-7-5-4-6-8-13(12)19/h9-10,12-13,19H,4-8H2,1-3H3,(H,16,17,18). The molecule has 1 saturated carbocycles. The molecular formula is C15H25N3O2. The van der Waals surface area contributed by atoms with Gasteiger partial charge in [-0.25, -0.2) is 4.98 Å². The molecule has 1 fully saturated rings. The molecule has 5 heteroatoms. The number of rotatable bonds is 4. The summed E-state index contributed by atoms with van der Waals surface area (Å²) >= 11 is 0. The van der Waals surface area contributed by atoms with Crippen LogP contribution in [-0.2, 0) is 0 Å². The molecule has 2 unspecified atom stereocenters. The summed E-state index contributed by atoms with van der Waals surface area (Å²) in [6.07, 6.45) is 4.98. The van der Waals surface area contributed by atoms with Crippen LogP contribution in [-0.4, -0.2) is 33.3 Å². The molecule has 0 saturated heterocycles. The van der Waals surface area contributed by atoms with E-state index in [0.29, 0.717) is 11.8 Å². The summed E-state index contributed by atoms with van der Waals surface area (Å²) in [4.78, 5) is 8.76. The molecule has 2 N–H and O–H groups in total. The maximum Gasteiger partial charge on any atom is 0.226 e. The maximum atomic E-state index is 10.1. The Morgan fingerprint density at radius 1 is 1.25 bits per heavy atom. The topological polar surface area (TPSA) is 67.3 Å². The Bertz CT molecular complexity index is 437. The van der Waals surface area contributed by atoms with Crippen LogP contribution in [0.2, 0.25) is 0 Å². The molecule has 0 spiro atoms. The first-order valence-electron chi connectivity index (χ1n) is 7.51. The van der Waals surface area contributed by atoms with E-state index in [1.165, 1.54) is 6.42 Å². The molecule has 0 aliphatic heterocycles. The quantitative estimate of drug-likeness (QED) is 0.829. The van der Waals surface area contributed by atoms with Crippen molar-refractivity contribution in [1.82, 2.24) is 9.97 Å². The van der Waals surface area contributed by atoms with E-state index in [4.69, 9.17) is 4.74 Å². The van der Waals surface area contributed by atoms with E-state index in [0.717, 1.165) is 31.4 Å². The van der Waals surface area contributed by atoms with Gasteiger partial charge in [-0.1, -0.05) is 19.3 Å². The zero-order chi connectivity index (χ0) is 14.5. The Hall–Kier alpha value is -1.36. The molecule has 112 valence electrons. The number of aromatic nitrogens is 2. The number of ether oxygens (including phenoxy) is 1. The molecule has 0 aromatic carbocycles. The summed E-state index contributed by atoms with van der Waals surface area (Å²) in [6, 6.07) is 1.86. The highest BCUT2D eigenvalue weighted by Crippen LogP contribution is 2.21. The summed E-state index contributed by atoms with van der Waals surface area (Å²) in [5, 5.41) is 13.4. The first-order valence-corrected chi connectivity index (χ1v) is 7.51. The highest BCUT2D eigenvalue weighted by Gasteiger charge is 2.22. The van der Waals surface area contributed by atoms with Crippen LogP contribution >= 0.6 is 0 Å². The van der Waals surface area contributed by atoms with Crippen LogP contribution in [0.1, 0.15) is 51.6 Å². The largest absolute Gasteiger partial charge is 0.475 e. The second kappa shape index (κ2) is 6.88. The van der Waals surface area contributed by atoms with E-state index in [1.807, 2.05) is 26.8 Å². The first-order chi connectivity index (χ1) is 9.54. The van der Waals surface area contributed by atoms with Gasteiger partial charge in [-0.15, -0.1) is 0 Å². The van der Waals surface area contributed by atoms with E-state index in [-0.39, 0.29) is 18.2 Å². The van der Waals surface area contributed by atoms with Crippen LogP contribution in [0.5, 0.6) is 5.88 Å². The second-order valence-corrected chi connectivity index (χ2v) is 5.79. The summed E-state index contributed by atoms with van der Waals surface area (Å²) < 4.78 is 5.62. The summed E-state index contributed by atoms with van der Waals surface area (Å²) in [5.41, 5.74) is 0.862. The van der Waals surface area contributed by atoms with Gasteiger partial charge in [0.15, 0.2) is 0 Å². The lowest BCUT2D eigenvalue weighted by Gasteiger charge is -2.22. The van der Waals surface area contributed by atoms with Crippen LogP contribution in [0.15, 0.2) is 6.07 Å². The third-order valence-electron chi connectivity index (χ3n) is 3.48. The second-order valence-electron chi connectivity index (χ2n) is 5.79. The van der Waals surface area contributed by atoms with Crippen LogP contribution < -0.4 is 10.1 Å². The van der Waals surface area contributed by atoms with Crippen molar-refractivity contribution in [3.63, 3.8) is 0 Å². The van der Waals surface area contributed by atoms with E-state index in [9.17, 15) is 5.11 Å². The van der Waals surface area contributed by atoms with Crippen LogP contribution in [0, 0.1) is 6.92 Å². The first kappa shape index (κ1) is 15.0. The van der Waals surface area contributed by atoms with Gasteiger partial charge in [0.25, 0.3) is 0 Å². The van der Waals surface area contributed by atoms with Crippen molar-refractivity contribution in [2.24, 2.45) is 0 Å². The molecule has 0 amide bonds. The fraction of sp³-hybridized carbons (Fsp3) is 0.733. The average Bonchev–Trinajstić information content (AvgIpc) is 2.53.